The summed E-state index contributed by atoms with van der Waals surface area (Å²) in [6, 6.07) is 0. The minimum absolute atomic E-state index is 0.530. The quantitative estimate of drug-likeness (QED) is 0.377. The lowest BCUT2D eigenvalue weighted by molar-refractivity contribution is 0.786. The van der Waals surface area contributed by atoms with Crippen molar-refractivity contribution in [1.82, 2.24) is 0 Å². The number of hydrogen-bond donors (Lipinski definition) is 0. The van der Waals surface area contributed by atoms with Crippen LogP contribution in [0.25, 0.3) is 0 Å². The highest BCUT2D eigenvalue weighted by Gasteiger charge is 2.05. The van der Waals surface area contributed by atoms with E-state index in [1.54, 1.807) is 0 Å². The Morgan fingerprint density at radius 3 is 1.94 bits per heavy atom. The maximum absolute atomic E-state index is 3.75. The van der Waals surface area contributed by atoms with Crippen molar-refractivity contribution in [1.29, 1.82) is 0 Å². The van der Waals surface area contributed by atoms with E-state index in [1.807, 2.05) is 6.08 Å². The highest BCUT2D eigenvalue weighted by molar-refractivity contribution is 5.18. The monoisotopic (exact) mass is 246 g/mol. The van der Waals surface area contributed by atoms with Crippen LogP contribution in [0.5, 0.6) is 0 Å². The Morgan fingerprint density at radius 2 is 1.44 bits per heavy atom. The van der Waals surface area contributed by atoms with Gasteiger partial charge in [-0.25, -0.2) is 0 Å². The molecule has 18 heavy (non-hydrogen) atoms. The number of unbranched alkanes of at least 4 members (excludes halogenated alkanes) is 1. The lowest BCUT2D eigenvalue weighted by Gasteiger charge is -2.13. The summed E-state index contributed by atoms with van der Waals surface area (Å²) in [5, 5.41) is 0. The zero-order chi connectivity index (χ0) is 14.1. The fourth-order valence-corrected chi connectivity index (χ4v) is 1.92. The van der Waals surface area contributed by atoms with Gasteiger partial charge in [-0.1, -0.05) is 54.9 Å². The zero-order valence-corrected chi connectivity index (χ0v) is 13.1. The van der Waals surface area contributed by atoms with E-state index in [0.29, 0.717) is 11.8 Å². The van der Waals surface area contributed by atoms with E-state index in [0.717, 1.165) is 12.8 Å². The normalized spacial score (nSPS) is 16.1. The SMILES string of the molecule is C=CCC/C=C(/C)C(C)C=C(C)C(C)C=C(C)C. The van der Waals surface area contributed by atoms with E-state index in [-0.39, 0.29) is 0 Å². The van der Waals surface area contributed by atoms with Gasteiger partial charge < -0.3 is 0 Å². The highest BCUT2D eigenvalue weighted by Crippen LogP contribution is 2.20. The molecule has 0 saturated heterocycles. The first-order chi connectivity index (χ1) is 8.38. The summed E-state index contributed by atoms with van der Waals surface area (Å²) in [6.45, 7) is 17.1. The van der Waals surface area contributed by atoms with Crippen LogP contribution in [-0.2, 0) is 0 Å². The average Bonchev–Trinajstić information content (AvgIpc) is 2.28. The van der Waals surface area contributed by atoms with Crippen molar-refractivity contribution >= 4 is 0 Å². The van der Waals surface area contributed by atoms with Crippen LogP contribution in [0.4, 0.5) is 0 Å². The summed E-state index contributed by atoms with van der Waals surface area (Å²) in [7, 11) is 0. The van der Waals surface area contributed by atoms with Crippen molar-refractivity contribution in [2.45, 2.75) is 54.4 Å². The van der Waals surface area contributed by atoms with Crippen LogP contribution >= 0.6 is 0 Å². The molecule has 0 N–H and O–H groups in total. The highest BCUT2D eigenvalue weighted by atomic mass is 14.1. The van der Waals surface area contributed by atoms with E-state index in [2.05, 4.69) is 66.3 Å². The molecule has 0 heterocycles. The van der Waals surface area contributed by atoms with Gasteiger partial charge in [0.25, 0.3) is 0 Å². The van der Waals surface area contributed by atoms with Gasteiger partial charge in [-0.2, -0.15) is 0 Å². The number of hydrogen-bond acceptors (Lipinski definition) is 0. The van der Waals surface area contributed by atoms with Crippen LogP contribution in [0.1, 0.15) is 54.4 Å². The van der Waals surface area contributed by atoms with Crippen molar-refractivity contribution < 1.29 is 0 Å². The van der Waals surface area contributed by atoms with Crippen LogP contribution in [0, 0.1) is 11.8 Å². The maximum atomic E-state index is 3.75. The molecule has 0 nitrogen and oxygen atoms in total. The Labute approximate surface area is 114 Å². The van der Waals surface area contributed by atoms with E-state index in [4.69, 9.17) is 0 Å². The van der Waals surface area contributed by atoms with Crippen molar-refractivity contribution in [2.24, 2.45) is 11.8 Å². The van der Waals surface area contributed by atoms with Crippen molar-refractivity contribution in [3.8, 4) is 0 Å². The molecule has 0 aromatic heterocycles. The molecular weight excluding hydrogens is 216 g/mol. The van der Waals surface area contributed by atoms with E-state index in [9.17, 15) is 0 Å². The number of allylic oxidation sites excluding steroid dienone is 7. The Bertz CT molecular complexity index is 335. The first kappa shape index (κ1) is 17.0. The predicted octanol–water partition coefficient (Wildman–Crippen LogP) is 6.08. The van der Waals surface area contributed by atoms with E-state index < -0.39 is 0 Å². The van der Waals surface area contributed by atoms with Crippen LogP contribution in [0.3, 0.4) is 0 Å². The van der Waals surface area contributed by atoms with Crippen LogP contribution in [0.15, 0.2) is 47.6 Å². The van der Waals surface area contributed by atoms with Gasteiger partial charge in [-0.15, -0.1) is 6.58 Å². The Kier molecular flexibility index (Phi) is 8.45. The van der Waals surface area contributed by atoms with Crippen LogP contribution in [-0.4, -0.2) is 0 Å². The van der Waals surface area contributed by atoms with Gasteiger partial charge in [-0.05, 0) is 52.4 Å². The van der Waals surface area contributed by atoms with Gasteiger partial charge in [0.15, 0.2) is 0 Å². The van der Waals surface area contributed by atoms with Crippen molar-refractivity contribution in [3.05, 3.63) is 47.6 Å². The largest absolute Gasteiger partial charge is 0.103 e. The summed E-state index contributed by atoms with van der Waals surface area (Å²) in [6.07, 6.45) is 11.2. The topological polar surface area (TPSA) is 0 Å². The molecule has 0 aromatic carbocycles. The third-order valence-corrected chi connectivity index (χ3v) is 3.37. The smallest absolute Gasteiger partial charge is 0.00516 e. The molecule has 0 aliphatic carbocycles. The first-order valence-electron chi connectivity index (χ1n) is 6.99. The Hall–Kier alpha value is -1.04. The fourth-order valence-electron chi connectivity index (χ4n) is 1.92. The van der Waals surface area contributed by atoms with Crippen LogP contribution in [0.2, 0.25) is 0 Å². The maximum Gasteiger partial charge on any atom is -0.00516 e. The van der Waals surface area contributed by atoms with Gasteiger partial charge in [-0.3, -0.25) is 0 Å². The summed E-state index contributed by atoms with van der Waals surface area (Å²) >= 11 is 0. The Balaban J connectivity index is 4.60. The summed E-state index contributed by atoms with van der Waals surface area (Å²) in [5.41, 5.74) is 4.31. The molecule has 0 fully saturated rings. The van der Waals surface area contributed by atoms with Gasteiger partial charge in [0, 0.05) is 0 Å². The molecule has 2 unspecified atom stereocenters. The second-order valence-electron chi connectivity index (χ2n) is 5.55. The van der Waals surface area contributed by atoms with Gasteiger partial charge in [0.1, 0.15) is 0 Å². The second kappa shape index (κ2) is 8.97. The Morgan fingerprint density at radius 1 is 0.889 bits per heavy atom. The average molecular weight is 246 g/mol. The predicted molar refractivity (Wildman–Crippen MR) is 84.7 cm³/mol. The second-order valence-corrected chi connectivity index (χ2v) is 5.55. The molecule has 0 saturated carbocycles. The summed E-state index contributed by atoms with van der Waals surface area (Å²) in [5.74, 6) is 1.07. The third kappa shape index (κ3) is 7.32. The molecule has 2 atom stereocenters. The molecule has 0 bridgehead atoms. The standard InChI is InChI=1S/C18H30/c1-8-9-10-11-15(4)17(6)13-18(7)16(5)12-14(2)3/h8,11-13,16-17H,1,9-10H2,2-7H3/b15-11-,18-13?. The third-order valence-electron chi connectivity index (χ3n) is 3.37. The van der Waals surface area contributed by atoms with Gasteiger partial charge in [0.05, 0.1) is 0 Å². The minimum Gasteiger partial charge on any atom is -0.103 e. The first-order valence-corrected chi connectivity index (χ1v) is 6.99. The molecule has 0 heteroatoms. The van der Waals surface area contributed by atoms with Crippen molar-refractivity contribution in [2.75, 3.05) is 0 Å². The molecule has 0 amide bonds. The lowest BCUT2D eigenvalue weighted by atomic mass is 9.93. The molecule has 0 aromatic rings. The molecule has 0 rings (SSSR count). The lowest BCUT2D eigenvalue weighted by Crippen LogP contribution is -1.98. The fraction of sp³-hybridized carbons (Fsp3) is 0.556. The molecule has 0 aliphatic heterocycles. The molecule has 0 radical (unpaired) electrons. The molecular formula is C18H30. The summed E-state index contributed by atoms with van der Waals surface area (Å²) in [4.78, 5) is 0. The van der Waals surface area contributed by atoms with E-state index in [1.165, 1.54) is 16.7 Å². The summed E-state index contributed by atoms with van der Waals surface area (Å²) < 4.78 is 0. The van der Waals surface area contributed by atoms with E-state index >= 15 is 0 Å². The zero-order valence-electron chi connectivity index (χ0n) is 13.1. The molecule has 0 spiro atoms. The van der Waals surface area contributed by atoms with Gasteiger partial charge in [0.2, 0.25) is 0 Å². The molecule has 0 aliphatic rings. The minimum atomic E-state index is 0.530. The van der Waals surface area contributed by atoms with Gasteiger partial charge >= 0.3 is 0 Å². The van der Waals surface area contributed by atoms with Crippen LogP contribution < -0.4 is 0 Å². The van der Waals surface area contributed by atoms with Crippen molar-refractivity contribution in [3.63, 3.8) is 0 Å². The number of rotatable bonds is 7. The molecule has 102 valence electrons.